The number of likely N-dealkylation sites (tertiary alicyclic amines) is 1. The summed E-state index contributed by atoms with van der Waals surface area (Å²) in [5, 5.41) is 0. The highest BCUT2D eigenvalue weighted by molar-refractivity contribution is 5.79. The topological polar surface area (TPSA) is 55.6 Å². The van der Waals surface area contributed by atoms with E-state index >= 15 is 0 Å². The molecule has 2 rings (SSSR count). The standard InChI is InChI=1S/C14H26N2O2/c1-10-3-4-11(15)9-13(10)14(17)16-7-5-12(18-2)6-8-16/h10-13H,3-9,15H2,1-2H3. The number of nitrogens with zero attached hydrogens (tertiary/aromatic N) is 1. The second-order valence-corrected chi connectivity index (χ2v) is 5.92. The smallest absolute Gasteiger partial charge is 0.226 e. The fraction of sp³-hybridized carbons (Fsp3) is 0.929. The molecule has 2 aliphatic rings. The van der Waals surface area contributed by atoms with Crippen LogP contribution in [0.3, 0.4) is 0 Å². The third-order valence-electron chi connectivity index (χ3n) is 4.64. The second kappa shape index (κ2) is 6.02. The molecule has 1 amide bonds. The molecule has 0 aromatic heterocycles. The first-order valence-electron chi connectivity index (χ1n) is 7.19. The number of carbonyl (C=O) groups is 1. The predicted octanol–water partition coefficient (Wildman–Crippen LogP) is 1.39. The molecule has 0 bridgehead atoms. The van der Waals surface area contributed by atoms with Gasteiger partial charge in [-0.2, -0.15) is 0 Å². The number of amides is 1. The lowest BCUT2D eigenvalue weighted by Gasteiger charge is -2.38. The van der Waals surface area contributed by atoms with Gasteiger partial charge in [0.15, 0.2) is 0 Å². The van der Waals surface area contributed by atoms with Crippen molar-refractivity contribution in [2.24, 2.45) is 17.6 Å². The Morgan fingerprint density at radius 2 is 1.89 bits per heavy atom. The lowest BCUT2D eigenvalue weighted by molar-refractivity contribution is -0.140. The molecule has 1 saturated carbocycles. The highest BCUT2D eigenvalue weighted by atomic mass is 16.5. The summed E-state index contributed by atoms with van der Waals surface area (Å²) >= 11 is 0. The van der Waals surface area contributed by atoms with Crippen molar-refractivity contribution in [1.29, 1.82) is 0 Å². The van der Waals surface area contributed by atoms with Gasteiger partial charge < -0.3 is 15.4 Å². The van der Waals surface area contributed by atoms with E-state index in [4.69, 9.17) is 10.5 Å². The summed E-state index contributed by atoms with van der Waals surface area (Å²) in [5.74, 6) is 0.956. The van der Waals surface area contributed by atoms with E-state index in [1.54, 1.807) is 7.11 Å². The van der Waals surface area contributed by atoms with E-state index in [2.05, 4.69) is 6.92 Å². The Balaban J connectivity index is 1.90. The Morgan fingerprint density at radius 3 is 2.50 bits per heavy atom. The number of rotatable bonds is 2. The summed E-state index contributed by atoms with van der Waals surface area (Å²) < 4.78 is 5.34. The van der Waals surface area contributed by atoms with Gasteiger partial charge in [0.05, 0.1) is 6.10 Å². The molecule has 2 N–H and O–H groups in total. The third-order valence-corrected chi connectivity index (χ3v) is 4.64. The van der Waals surface area contributed by atoms with E-state index in [1.165, 1.54) is 0 Å². The van der Waals surface area contributed by atoms with Crippen molar-refractivity contribution < 1.29 is 9.53 Å². The molecule has 0 aromatic rings. The Labute approximate surface area is 110 Å². The number of carbonyl (C=O) groups excluding carboxylic acids is 1. The van der Waals surface area contributed by atoms with Gasteiger partial charge >= 0.3 is 0 Å². The first-order valence-corrected chi connectivity index (χ1v) is 7.19. The van der Waals surface area contributed by atoms with Gasteiger partial charge in [-0.15, -0.1) is 0 Å². The molecule has 1 aliphatic carbocycles. The molecule has 104 valence electrons. The maximum Gasteiger partial charge on any atom is 0.226 e. The largest absolute Gasteiger partial charge is 0.381 e. The molecule has 0 aromatic carbocycles. The van der Waals surface area contributed by atoms with Crippen LogP contribution in [0.1, 0.15) is 39.0 Å². The van der Waals surface area contributed by atoms with Gasteiger partial charge in [-0.25, -0.2) is 0 Å². The van der Waals surface area contributed by atoms with Gasteiger partial charge in [0.25, 0.3) is 0 Å². The van der Waals surface area contributed by atoms with Gasteiger partial charge in [-0.1, -0.05) is 6.92 Å². The number of methoxy groups -OCH3 is 1. The van der Waals surface area contributed by atoms with Crippen LogP contribution >= 0.6 is 0 Å². The molecule has 0 radical (unpaired) electrons. The molecule has 4 nitrogen and oxygen atoms in total. The molecule has 2 fully saturated rings. The number of hydrogen-bond donors (Lipinski definition) is 1. The van der Waals surface area contributed by atoms with Gasteiger partial charge in [-0.05, 0) is 38.0 Å². The minimum absolute atomic E-state index is 0.146. The van der Waals surface area contributed by atoms with E-state index in [0.717, 1.165) is 45.2 Å². The van der Waals surface area contributed by atoms with E-state index in [9.17, 15) is 4.79 Å². The molecule has 0 spiro atoms. The van der Waals surface area contributed by atoms with Crippen molar-refractivity contribution in [3.8, 4) is 0 Å². The normalized spacial score (nSPS) is 34.6. The van der Waals surface area contributed by atoms with E-state index in [0.29, 0.717) is 17.9 Å². The van der Waals surface area contributed by atoms with Crippen molar-refractivity contribution in [3.05, 3.63) is 0 Å². The quantitative estimate of drug-likeness (QED) is 0.810. The number of ether oxygens (including phenoxy) is 1. The predicted molar refractivity (Wildman–Crippen MR) is 71.1 cm³/mol. The van der Waals surface area contributed by atoms with Crippen molar-refractivity contribution in [2.75, 3.05) is 20.2 Å². The fourth-order valence-corrected chi connectivity index (χ4v) is 3.25. The average molecular weight is 254 g/mol. The second-order valence-electron chi connectivity index (χ2n) is 5.92. The molecule has 1 aliphatic heterocycles. The van der Waals surface area contributed by atoms with Crippen LogP contribution in [0.15, 0.2) is 0 Å². The first-order chi connectivity index (χ1) is 8.61. The summed E-state index contributed by atoms with van der Waals surface area (Å²) in [6, 6.07) is 0.215. The minimum Gasteiger partial charge on any atom is -0.381 e. The van der Waals surface area contributed by atoms with E-state index in [1.807, 2.05) is 4.90 Å². The average Bonchev–Trinajstić information content (AvgIpc) is 2.41. The van der Waals surface area contributed by atoms with Crippen LogP contribution in [0.5, 0.6) is 0 Å². The third kappa shape index (κ3) is 3.04. The maximum atomic E-state index is 12.5. The summed E-state index contributed by atoms with van der Waals surface area (Å²) in [6.07, 6.45) is 5.29. The Morgan fingerprint density at radius 1 is 1.22 bits per heavy atom. The lowest BCUT2D eigenvalue weighted by Crippen LogP contribution is -2.47. The zero-order chi connectivity index (χ0) is 13.1. The molecule has 18 heavy (non-hydrogen) atoms. The van der Waals surface area contributed by atoms with Crippen LogP contribution in [0.4, 0.5) is 0 Å². The van der Waals surface area contributed by atoms with Crippen LogP contribution in [0, 0.1) is 11.8 Å². The van der Waals surface area contributed by atoms with E-state index < -0.39 is 0 Å². The molecule has 1 heterocycles. The monoisotopic (exact) mass is 254 g/mol. The molecule has 3 atom stereocenters. The first kappa shape index (κ1) is 13.8. The van der Waals surface area contributed by atoms with Crippen molar-refractivity contribution in [2.45, 2.75) is 51.2 Å². The van der Waals surface area contributed by atoms with Gasteiger partial charge in [-0.3, -0.25) is 4.79 Å². The van der Waals surface area contributed by atoms with Crippen LogP contribution in [0.2, 0.25) is 0 Å². The highest BCUT2D eigenvalue weighted by Crippen LogP contribution is 2.31. The van der Waals surface area contributed by atoms with E-state index in [-0.39, 0.29) is 12.0 Å². The van der Waals surface area contributed by atoms with Crippen molar-refractivity contribution in [3.63, 3.8) is 0 Å². The summed E-state index contributed by atoms with van der Waals surface area (Å²) in [4.78, 5) is 14.6. The van der Waals surface area contributed by atoms with Crippen LogP contribution < -0.4 is 5.73 Å². The van der Waals surface area contributed by atoms with Crippen LogP contribution in [-0.2, 0) is 9.53 Å². The molecule has 4 heteroatoms. The van der Waals surface area contributed by atoms with Gasteiger partial charge in [0.1, 0.15) is 0 Å². The summed E-state index contributed by atoms with van der Waals surface area (Å²) in [6.45, 7) is 3.88. The lowest BCUT2D eigenvalue weighted by atomic mass is 9.77. The maximum absolute atomic E-state index is 12.5. The Hall–Kier alpha value is -0.610. The molecular formula is C14H26N2O2. The highest BCUT2D eigenvalue weighted by Gasteiger charge is 2.35. The molecular weight excluding hydrogens is 228 g/mol. The van der Waals surface area contributed by atoms with Crippen LogP contribution in [-0.4, -0.2) is 43.2 Å². The van der Waals surface area contributed by atoms with Gasteiger partial charge in [0, 0.05) is 32.2 Å². The Bertz CT molecular complexity index is 288. The van der Waals surface area contributed by atoms with Crippen LogP contribution in [0.25, 0.3) is 0 Å². The zero-order valence-corrected chi connectivity index (χ0v) is 11.6. The SMILES string of the molecule is COC1CCN(C(=O)C2CC(N)CCC2C)CC1. The number of piperidine rings is 1. The number of nitrogens with two attached hydrogens (primary N) is 1. The Kier molecular flexibility index (Phi) is 4.62. The summed E-state index contributed by atoms with van der Waals surface area (Å²) in [7, 11) is 1.75. The molecule has 1 saturated heterocycles. The zero-order valence-electron chi connectivity index (χ0n) is 11.6. The summed E-state index contributed by atoms with van der Waals surface area (Å²) in [5.41, 5.74) is 6.01. The van der Waals surface area contributed by atoms with Crippen molar-refractivity contribution in [1.82, 2.24) is 4.90 Å². The van der Waals surface area contributed by atoms with Gasteiger partial charge in [0.2, 0.25) is 5.91 Å². The minimum atomic E-state index is 0.146. The number of hydrogen-bond acceptors (Lipinski definition) is 3. The fourth-order valence-electron chi connectivity index (χ4n) is 3.25. The van der Waals surface area contributed by atoms with Crippen molar-refractivity contribution >= 4 is 5.91 Å². The molecule has 3 unspecified atom stereocenters.